The van der Waals surface area contributed by atoms with Crippen molar-refractivity contribution in [3.63, 3.8) is 0 Å². The third-order valence-corrected chi connectivity index (χ3v) is 4.40. The highest BCUT2D eigenvalue weighted by molar-refractivity contribution is 14.2. The van der Waals surface area contributed by atoms with Gasteiger partial charge in [-0.2, -0.15) is 0 Å². The number of rotatable bonds is 2. The monoisotopic (exact) mass is 413 g/mol. The SMILES string of the molecule is CCc1ccc2c(c1)NC(C(I)I)C2. The molecule has 0 saturated heterocycles. The van der Waals surface area contributed by atoms with Crippen molar-refractivity contribution in [2.24, 2.45) is 0 Å². The molecule has 0 saturated carbocycles. The number of aryl methyl sites for hydroxylation is 1. The Labute approximate surface area is 112 Å². The van der Waals surface area contributed by atoms with Crippen LogP contribution in [0.25, 0.3) is 0 Å². The first-order chi connectivity index (χ1) is 6.70. The van der Waals surface area contributed by atoms with E-state index in [9.17, 15) is 0 Å². The van der Waals surface area contributed by atoms with Gasteiger partial charge in [-0.05, 0) is 30.0 Å². The molecule has 1 aliphatic heterocycles. The van der Waals surface area contributed by atoms with Gasteiger partial charge in [0.05, 0.1) is 7.97 Å². The first-order valence-corrected chi connectivity index (χ1v) is 7.36. The molecule has 0 radical (unpaired) electrons. The summed E-state index contributed by atoms with van der Waals surface area (Å²) in [4.78, 5) is 0. The Morgan fingerprint density at radius 3 is 2.93 bits per heavy atom. The van der Waals surface area contributed by atoms with Crippen LogP contribution in [0.3, 0.4) is 0 Å². The van der Waals surface area contributed by atoms with Crippen LogP contribution in [-0.4, -0.2) is 7.97 Å². The van der Waals surface area contributed by atoms with Gasteiger partial charge in [0.15, 0.2) is 0 Å². The van der Waals surface area contributed by atoms with Crippen LogP contribution >= 0.6 is 45.2 Å². The molecule has 0 spiro atoms. The first kappa shape index (κ1) is 11.0. The maximum atomic E-state index is 3.59. The van der Waals surface area contributed by atoms with Crippen LogP contribution < -0.4 is 5.32 Å². The highest BCUT2D eigenvalue weighted by Gasteiger charge is 2.24. The van der Waals surface area contributed by atoms with E-state index in [2.05, 4.69) is 75.6 Å². The van der Waals surface area contributed by atoms with E-state index in [1.807, 2.05) is 0 Å². The maximum Gasteiger partial charge on any atom is 0.0830 e. The lowest BCUT2D eigenvalue weighted by Crippen LogP contribution is -2.21. The summed E-state index contributed by atoms with van der Waals surface area (Å²) in [7, 11) is 0. The maximum absolute atomic E-state index is 3.59. The van der Waals surface area contributed by atoms with Crippen LogP contribution in [0.5, 0.6) is 0 Å². The zero-order valence-electron chi connectivity index (χ0n) is 8.06. The van der Waals surface area contributed by atoms with E-state index < -0.39 is 0 Å². The molecule has 0 bridgehead atoms. The number of nitrogens with one attached hydrogen (secondary N) is 1. The van der Waals surface area contributed by atoms with Gasteiger partial charge in [-0.3, -0.25) is 0 Å². The zero-order valence-corrected chi connectivity index (χ0v) is 12.4. The van der Waals surface area contributed by atoms with E-state index >= 15 is 0 Å². The second-order valence-electron chi connectivity index (χ2n) is 3.63. The summed E-state index contributed by atoms with van der Waals surface area (Å²) in [5.41, 5.74) is 4.26. The fourth-order valence-electron chi connectivity index (χ4n) is 1.80. The molecule has 0 aliphatic carbocycles. The largest absolute Gasteiger partial charge is 0.380 e. The van der Waals surface area contributed by atoms with Crippen molar-refractivity contribution in [3.8, 4) is 0 Å². The molecule has 1 aromatic rings. The molecule has 1 aromatic carbocycles. The van der Waals surface area contributed by atoms with Gasteiger partial charge in [0, 0.05) is 5.69 Å². The van der Waals surface area contributed by atoms with Gasteiger partial charge in [-0.25, -0.2) is 0 Å². The van der Waals surface area contributed by atoms with Crippen LogP contribution in [0.2, 0.25) is 0 Å². The van der Waals surface area contributed by atoms with Crippen LogP contribution in [0, 0.1) is 0 Å². The molecule has 3 heteroatoms. The molecular weight excluding hydrogens is 400 g/mol. The molecule has 0 aromatic heterocycles. The summed E-state index contributed by atoms with van der Waals surface area (Å²) in [5.74, 6) is 0. The fraction of sp³-hybridized carbons (Fsp3) is 0.455. The molecule has 1 heterocycles. The van der Waals surface area contributed by atoms with Gasteiger partial charge in [-0.1, -0.05) is 64.2 Å². The Bertz CT molecular complexity index is 336. The lowest BCUT2D eigenvalue weighted by Gasteiger charge is -2.11. The number of fused-ring (bicyclic) bond motifs is 1. The fourth-order valence-corrected chi connectivity index (χ4v) is 2.66. The molecule has 1 unspecified atom stereocenters. The number of hydrogen-bond donors (Lipinski definition) is 1. The summed E-state index contributed by atoms with van der Waals surface area (Å²) in [6, 6.07) is 7.43. The van der Waals surface area contributed by atoms with Crippen molar-refractivity contribution in [3.05, 3.63) is 29.3 Å². The summed E-state index contributed by atoms with van der Waals surface area (Å²) in [6.45, 7) is 2.20. The molecule has 1 nitrogen and oxygen atoms in total. The van der Waals surface area contributed by atoms with E-state index in [1.165, 1.54) is 23.2 Å². The number of halogens is 2. The molecule has 1 aliphatic rings. The van der Waals surface area contributed by atoms with Gasteiger partial charge >= 0.3 is 0 Å². The van der Waals surface area contributed by atoms with Crippen LogP contribution in [0.1, 0.15) is 18.1 Å². The predicted molar refractivity (Wildman–Crippen MR) is 78.8 cm³/mol. The topological polar surface area (TPSA) is 12.0 Å². The lowest BCUT2D eigenvalue weighted by atomic mass is 10.1. The smallest absolute Gasteiger partial charge is 0.0830 e. The van der Waals surface area contributed by atoms with E-state index in [1.54, 1.807) is 0 Å². The number of alkyl halides is 2. The van der Waals surface area contributed by atoms with Gasteiger partial charge in [0.25, 0.3) is 0 Å². The van der Waals surface area contributed by atoms with E-state index in [4.69, 9.17) is 0 Å². The second kappa shape index (κ2) is 4.55. The van der Waals surface area contributed by atoms with Gasteiger partial charge < -0.3 is 5.32 Å². The van der Waals surface area contributed by atoms with Gasteiger partial charge in [0.1, 0.15) is 0 Å². The van der Waals surface area contributed by atoms with E-state index in [0.29, 0.717) is 7.97 Å². The number of hydrogen-bond acceptors (Lipinski definition) is 1. The zero-order chi connectivity index (χ0) is 10.1. The summed E-state index contributed by atoms with van der Waals surface area (Å²) >= 11 is 4.97. The third kappa shape index (κ3) is 2.18. The Morgan fingerprint density at radius 2 is 2.29 bits per heavy atom. The minimum Gasteiger partial charge on any atom is -0.380 e. The Balaban J connectivity index is 2.22. The Morgan fingerprint density at radius 1 is 1.50 bits per heavy atom. The van der Waals surface area contributed by atoms with E-state index in [0.717, 1.165) is 6.42 Å². The standard InChI is InChI=1S/C11H13I2N/c1-2-7-3-4-8-6-10(11(12)13)14-9(8)5-7/h3-5,10-11,14H,2,6H2,1H3. The van der Waals surface area contributed by atoms with Crippen LogP contribution in [0.4, 0.5) is 5.69 Å². The van der Waals surface area contributed by atoms with Crippen molar-refractivity contribution in [1.82, 2.24) is 0 Å². The normalized spacial score (nSPS) is 19.6. The summed E-state index contributed by atoms with van der Waals surface area (Å²) in [6.07, 6.45) is 2.30. The molecule has 0 amide bonds. The Kier molecular flexibility index (Phi) is 3.57. The van der Waals surface area contributed by atoms with Crippen LogP contribution in [-0.2, 0) is 12.8 Å². The lowest BCUT2D eigenvalue weighted by molar-refractivity contribution is 0.850. The van der Waals surface area contributed by atoms with Crippen molar-refractivity contribution >= 4 is 50.9 Å². The van der Waals surface area contributed by atoms with Crippen molar-refractivity contribution < 1.29 is 0 Å². The average Bonchev–Trinajstić information content (AvgIpc) is 2.59. The second-order valence-corrected chi connectivity index (χ2v) is 8.70. The summed E-state index contributed by atoms with van der Waals surface area (Å²) < 4.78 is 0.655. The molecule has 0 fully saturated rings. The third-order valence-electron chi connectivity index (χ3n) is 2.67. The molecule has 2 rings (SSSR count). The molecule has 1 atom stereocenters. The number of benzene rings is 1. The van der Waals surface area contributed by atoms with Crippen LogP contribution in [0.15, 0.2) is 18.2 Å². The predicted octanol–water partition coefficient (Wildman–Crippen LogP) is 3.78. The quantitative estimate of drug-likeness (QED) is 0.575. The van der Waals surface area contributed by atoms with E-state index in [-0.39, 0.29) is 0 Å². The van der Waals surface area contributed by atoms with Crippen molar-refractivity contribution in [2.45, 2.75) is 27.7 Å². The average molecular weight is 413 g/mol. The minimum atomic E-state index is 0.610. The number of anilines is 1. The molecule has 76 valence electrons. The molecule has 1 N–H and O–H groups in total. The van der Waals surface area contributed by atoms with Gasteiger partial charge in [-0.15, -0.1) is 0 Å². The van der Waals surface area contributed by atoms with Gasteiger partial charge in [0.2, 0.25) is 0 Å². The van der Waals surface area contributed by atoms with Crippen molar-refractivity contribution in [2.75, 3.05) is 5.32 Å². The highest BCUT2D eigenvalue weighted by Crippen LogP contribution is 2.32. The molecular formula is C11H13I2N. The first-order valence-electron chi connectivity index (χ1n) is 4.87. The van der Waals surface area contributed by atoms with Crippen molar-refractivity contribution in [1.29, 1.82) is 0 Å². The highest BCUT2D eigenvalue weighted by atomic mass is 127. The summed E-state index contributed by atoms with van der Waals surface area (Å²) in [5, 5.41) is 3.59. The minimum absolute atomic E-state index is 0.610. The molecule has 14 heavy (non-hydrogen) atoms. The Hall–Kier alpha value is 0.480.